The van der Waals surface area contributed by atoms with Crippen molar-refractivity contribution in [2.24, 2.45) is 5.41 Å². The molecule has 0 aromatic carbocycles. The van der Waals surface area contributed by atoms with Gasteiger partial charge in [0.25, 0.3) is 5.56 Å². The molecule has 0 radical (unpaired) electrons. The van der Waals surface area contributed by atoms with Crippen LogP contribution in [0.5, 0.6) is 0 Å². The topological polar surface area (TPSA) is 55.1 Å². The van der Waals surface area contributed by atoms with Gasteiger partial charge in [-0.2, -0.15) is 5.10 Å². The molecule has 0 aliphatic rings. The van der Waals surface area contributed by atoms with E-state index in [1.807, 2.05) is 20.8 Å². The lowest BCUT2D eigenvalue weighted by Crippen LogP contribution is -2.35. The average Bonchev–Trinajstić information content (AvgIpc) is 2.07. The van der Waals surface area contributed by atoms with E-state index in [2.05, 4.69) is 5.10 Å². The van der Waals surface area contributed by atoms with Gasteiger partial charge in [0, 0.05) is 12.3 Å². The second-order valence-corrected chi connectivity index (χ2v) is 4.43. The number of rotatable bonds is 2. The molecule has 0 aliphatic carbocycles. The Morgan fingerprint density at radius 1 is 1.57 bits per heavy atom. The first-order valence-electron chi connectivity index (χ1n) is 4.61. The normalized spacial score (nSPS) is 14.0. The molecular weight excluding hydrogens is 180 g/mol. The monoisotopic (exact) mass is 196 g/mol. The molecule has 1 atom stereocenters. The van der Waals surface area contributed by atoms with Gasteiger partial charge in [-0.1, -0.05) is 20.8 Å². The van der Waals surface area contributed by atoms with Crippen molar-refractivity contribution in [2.45, 2.75) is 33.4 Å². The van der Waals surface area contributed by atoms with Crippen LogP contribution in [0.4, 0.5) is 0 Å². The van der Waals surface area contributed by atoms with E-state index in [9.17, 15) is 9.90 Å². The summed E-state index contributed by atoms with van der Waals surface area (Å²) in [5.41, 5.74) is -0.424. The van der Waals surface area contributed by atoms with Crippen molar-refractivity contribution in [3.63, 3.8) is 0 Å². The van der Waals surface area contributed by atoms with Crippen LogP contribution in [0.1, 0.15) is 20.8 Å². The number of aliphatic hydroxyl groups is 1. The maximum absolute atomic E-state index is 11.3. The molecule has 0 amide bonds. The zero-order chi connectivity index (χ0) is 10.8. The summed E-state index contributed by atoms with van der Waals surface area (Å²) in [5, 5.41) is 13.6. The molecule has 4 heteroatoms. The molecule has 0 spiro atoms. The largest absolute Gasteiger partial charge is 0.391 e. The van der Waals surface area contributed by atoms with Crippen molar-refractivity contribution < 1.29 is 5.11 Å². The summed E-state index contributed by atoms with van der Waals surface area (Å²) >= 11 is 0. The quantitative estimate of drug-likeness (QED) is 0.755. The smallest absolute Gasteiger partial charge is 0.266 e. The van der Waals surface area contributed by atoms with Gasteiger partial charge in [-0.15, -0.1) is 0 Å². The highest BCUT2D eigenvalue weighted by Crippen LogP contribution is 2.19. The molecule has 1 aromatic rings. The fraction of sp³-hybridized carbons (Fsp3) is 0.600. The first-order valence-corrected chi connectivity index (χ1v) is 4.61. The van der Waals surface area contributed by atoms with Gasteiger partial charge in [-0.3, -0.25) is 4.79 Å². The van der Waals surface area contributed by atoms with Gasteiger partial charge in [-0.25, -0.2) is 4.68 Å². The Hall–Kier alpha value is -1.16. The molecule has 1 N–H and O–H groups in total. The minimum atomic E-state index is -0.574. The van der Waals surface area contributed by atoms with Crippen LogP contribution in [0.3, 0.4) is 0 Å². The fourth-order valence-corrected chi connectivity index (χ4v) is 0.962. The van der Waals surface area contributed by atoms with Gasteiger partial charge < -0.3 is 5.11 Å². The van der Waals surface area contributed by atoms with Crippen LogP contribution in [-0.4, -0.2) is 21.0 Å². The first-order chi connectivity index (χ1) is 6.41. The lowest BCUT2D eigenvalue weighted by molar-refractivity contribution is 0.0438. The highest BCUT2D eigenvalue weighted by atomic mass is 16.3. The molecule has 78 valence electrons. The SMILES string of the molecule is CC(C)(C)C(O)Cn1ncccc1=O. The van der Waals surface area contributed by atoms with E-state index < -0.39 is 6.10 Å². The maximum Gasteiger partial charge on any atom is 0.266 e. The molecule has 0 saturated heterocycles. The van der Waals surface area contributed by atoms with E-state index in [0.717, 1.165) is 0 Å². The van der Waals surface area contributed by atoms with E-state index in [4.69, 9.17) is 0 Å². The van der Waals surface area contributed by atoms with E-state index in [1.165, 1.54) is 16.9 Å². The van der Waals surface area contributed by atoms with Crippen LogP contribution in [-0.2, 0) is 6.54 Å². The standard InChI is InChI=1S/C10H16N2O2/c1-10(2,3)8(13)7-12-9(14)5-4-6-11-12/h4-6,8,13H,7H2,1-3H3. The van der Waals surface area contributed by atoms with Crippen LogP contribution in [0, 0.1) is 5.41 Å². The summed E-state index contributed by atoms with van der Waals surface area (Å²) in [5.74, 6) is 0. The van der Waals surface area contributed by atoms with Crippen LogP contribution in [0.2, 0.25) is 0 Å². The summed E-state index contributed by atoms with van der Waals surface area (Å²) in [6.07, 6.45) is 0.964. The molecule has 0 fully saturated rings. The van der Waals surface area contributed by atoms with E-state index in [-0.39, 0.29) is 17.5 Å². The Balaban J connectivity index is 2.80. The third-order valence-electron chi connectivity index (χ3n) is 2.13. The summed E-state index contributed by atoms with van der Waals surface area (Å²) < 4.78 is 1.27. The van der Waals surface area contributed by atoms with Crippen molar-refractivity contribution in [1.82, 2.24) is 9.78 Å². The third-order valence-corrected chi connectivity index (χ3v) is 2.13. The second kappa shape index (κ2) is 3.92. The van der Waals surface area contributed by atoms with E-state index >= 15 is 0 Å². The van der Waals surface area contributed by atoms with Gasteiger partial charge in [0.2, 0.25) is 0 Å². The van der Waals surface area contributed by atoms with Gasteiger partial charge in [0.1, 0.15) is 0 Å². The van der Waals surface area contributed by atoms with E-state index in [1.54, 1.807) is 6.07 Å². The lowest BCUT2D eigenvalue weighted by Gasteiger charge is -2.25. The molecule has 0 saturated carbocycles. The molecule has 1 aromatic heterocycles. The molecule has 1 unspecified atom stereocenters. The van der Waals surface area contributed by atoms with Gasteiger partial charge >= 0.3 is 0 Å². The van der Waals surface area contributed by atoms with Crippen molar-refractivity contribution in [2.75, 3.05) is 0 Å². The Kier molecular flexibility index (Phi) is 3.06. The number of aromatic nitrogens is 2. The lowest BCUT2D eigenvalue weighted by atomic mass is 9.89. The summed E-state index contributed by atoms with van der Waals surface area (Å²) in [6, 6.07) is 3.02. The van der Waals surface area contributed by atoms with Crippen LogP contribution >= 0.6 is 0 Å². The zero-order valence-corrected chi connectivity index (χ0v) is 8.77. The summed E-state index contributed by atoms with van der Waals surface area (Å²) in [7, 11) is 0. The van der Waals surface area contributed by atoms with E-state index in [0.29, 0.717) is 0 Å². The summed E-state index contributed by atoms with van der Waals surface area (Å²) in [4.78, 5) is 11.3. The molecular formula is C10H16N2O2. The maximum atomic E-state index is 11.3. The number of hydrogen-bond acceptors (Lipinski definition) is 3. The Bertz CT molecular complexity index is 352. The predicted molar refractivity (Wildman–Crippen MR) is 54.0 cm³/mol. The predicted octanol–water partition coefficient (Wildman–Crippen LogP) is 0.650. The Morgan fingerprint density at radius 3 is 2.71 bits per heavy atom. The molecule has 1 rings (SSSR count). The number of hydrogen-bond donors (Lipinski definition) is 1. The molecule has 0 aliphatic heterocycles. The van der Waals surface area contributed by atoms with Gasteiger partial charge in [-0.05, 0) is 11.5 Å². The second-order valence-electron chi connectivity index (χ2n) is 4.43. The first kappa shape index (κ1) is 10.9. The Labute approximate surface area is 83.2 Å². The van der Waals surface area contributed by atoms with Crippen LogP contribution < -0.4 is 5.56 Å². The molecule has 14 heavy (non-hydrogen) atoms. The highest BCUT2D eigenvalue weighted by Gasteiger charge is 2.22. The molecule has 4 nitrogen and oxygen atoms in total. The van der Waals surface area contributed by atoms with Crippen LogP contribution in [0.15, 0.2) is 23.1 Å². The number of aliphatic hydroxyl groups excluding tert-OH is 1. The molecule has 0 bridgehead atoms. The minimum Gasteiger partial charge on any atom is -0.391 e. The third kappa shape index (κ3) is 2.67. The van der Waals surface area contributed by atoms with Crippen LogP contribution in [0.25, 0.3) is 0 Å². The average molecular weight is 196 g/mol. The number of nitrogens with zero attached hydrogens (tertiary/aromatic N) is 2. The van der Waals surface area contributed by atoms with Crippen molar-refractivity contribution in [3.8, 4) is 0 Å². The minimum absolute atomic E-state index is 0.184. The van der Waals surface area contributed by atoms with Crippen molar-refractivity contribution in [1.29, 1.82) is 0 Å². The van der Waals surface area contributed by atoms with Crippen molar-refractivity contribution >= 4 is 0 Å². The van der Waals surface area contributed by atoms with Crippen molar-refractivity contribution in [3.05, 3.63) is 28.7 Å². The zero-order valence-electron chi connectivity index (χ0n) is 8.77. The fourth-order valence-electron chi connectivity index (χ4n) is 0.962. The molecule has 1 heterocycles. The Morgan fingerprint density at radius 2 is 2.21 bits per heavy atom. The highest BCUT2D eigenvalue weighted by molar-refractivity contribution is 4.85. The van der Waals surface area contributed by atoms with Gasteiger partial charge in [0.15, 0.2) is 0 Å². The summed E-state index contributed by atoms with van der Waals surface area (Å²) in [6.45, 7) is 6.01. The van der Waals surface area contributed by atoms with Gasteiger partial charge in [0.05, 0.1) is 12.6 Å².